The second kappa shape index (κ2) is 5.64. The summed E-state index contributed by atoms with van der Waals surface area (Å²) >= 11 is 0. The molecule has 0 unspecified atom stereocenters. The zero-order valence-electron chi connectivity index (χ0n) is 8.79. The van der Waals surface area contributed by atoms with Gasteiger partial charge in [-0.2, -0.15) is 0 Å². The molecule has 0 atom stereocenters. The molecule has 0 aromatic carbocycles. The lowest BCUT2D eigenvalue weighted by Crippen LogP contribution is -2.32. The highest BCUT2D eigenvalue weighted by atomic mass is 16.5. The molecule has 2 N–H and O–H groups in total. The summed E-state index contributed by atoms with van der Waals surface area (Å²) in [6.07, 6.45) is 2.77. The summed E-state index contributed by atoms with van der Waals surface area (Å²) in [7, 11) is 1.94. The van der Waals surface area contributed by atoms with Crippen molar-refractivity contribution in [3.05, 3.63) is 12.4 Å². The van der Waals surface area contributed by atoms with Gasteiger partial charge in [0.15, 0.2) is 0 Å². The standard InChI is InChI=1S/C8H14BN3O3/c1-12(3-4-15-2)8-10-5-7(6-11-8)9(13)14/h5-6,13-14H,3-4H2,1-2H3. The molecule has 0 aliphatic rings. The van der Waals surface area contributed by atoms with E-state index in [2.05, 4.69) is 9.97 Å². The normalized spacial score (nSPS) is 10.1. The Balaban J connectivity index is 2.62. The molecule has 0 amide bonds. The molecule has 1 aromatic rings. The number of nitrogens with zero attached hydrogens (tertiary/aromatic N) is 3. The third kappa shape index (κ3) is 3.47. The van der Waals surface area contributed by atoms with E-state index in [4.69, 9.17) is 14.8 Å². The number of anilines is 1. The van der Waals surface area contributed by atoms with Gasteiger partial charge in [-0.25, -0.2) is 9.97 Å². The van der Waals surface area contributed by atoms with E-state index in [1.165, 1.54) is 12.4 Å². The highest BCUT2D eigenvalue weighted by Crippen LogP contribution is 2.00. The van der Waals surface area contributed by atoms with Gasteiger partial charge in [0.05, 0.1) is 6.61 Å². The number of aromatic nitrogens is 2. The second-order valence-corrected chi connectivity index (χ2v) is 3.10. The summed E-state index contributed by atoms with van der Waals surface area (Å²) in [5.74, 6) is 0.524. The van der Waals surface area contributed by atoms with Gasteiger partial charge in [0.25, 0.3) is 0 Å². The van der Waals surface area contributed by atoms with Crippen LogP contribution in [-0.2, 0) is 4.74 Å². The van der Waals surface area contributed by atoms with Gasteiger partial charge < -0.3 is 19.7 Å². The molecule has 0 bridgehead atoms. The lowest BCUT2D eigenvalue weighted by atomic mass is 9.83. The van der Waals surface area contributed by atoms with Gasteiger partial charge in [-0.15, -0.1) is 0 Å². The first-order chi connectivity index (χ1) is 7.15. The zero-order valence-corrected chi connectivity index (χ0v) is 8.79. The lowest BCUT2D eigenvalue weighted by molar-refractivity contribution is 0.206. The third-order valence-electron chi connectivity index (χ3n) is 1.93. The molecule has 15 heavy (non-hydrogen) atoms. The maximum absolute atomic E-state index is 8.84. The Bertz CT molecular complexity index is 294. The average molecular weight is 211 g/mol. The molecule has 0 saturated heterocycles. The fourth-order valence-corrected chi connectivity index (χ4v) is 0.990. The Morgan fingerprint density at radius 1 is 1.40 bits per heavy atom. The van der Waals surface area contributed by atoms with E-state index in [-0.39, 0.29) is 5.46 Å². The van der Waals surface area contributed by atoms with Crippen LogP contribution in [0.5, 0.6) is 0 Å². The molecule has 0 spiro atoms. The van der Waals surface area contributed by atoms with E-state index >= 15 is 0 Å². The van der Waals surface area contributed by atoms with Gasteiger partial charge in [0.2, 0.25) is 5.95 Å². The van der Waals surface area contributed by atoms with E-state index in [9.17, 15) is 0 Å². The van der Waals surface area contributed by atoms with Crippen LogP contribution in [0.4, 0.5) is 5.95 Å². The SMILES string of the molecule is COCCN(C)c1ncc(B(O)O)cn1. The van der Waals surface area contributed by atoms with Crippen molar-refractivity contribution in [1.82, 2.24) is 9.97 Å². The summed E-state index contributed by atoms with van der Waals surface area (Å²) < 4.78 is 4.92. The van der Waals surface area contributed by atoms with Crippen molar-refractivity contribution in [3.63, 3.8) is 0 Å². The predicted molar refractivity (Wildman–Crippen MR) is 57.0 cm³/mol. The topological polar surface area (TPSA) is 78.7 Å². The van der Waals surface area contributed by atoms with E-state index in [0.717, 1.165) is 0 Å². The molecular formula is C8H14BN3O3. The van der Waals surface area contributed by atoms with Gasteiger partial charge >= 0.3 is 7.12 Å². The van der Waals surface area contributed by atoms with Crippen molar-refractivity contribution in [2.24, 2.45) is 0 Å². The quantitative estimate of drug-likeness (QED) is 0.561. The van der Waals surface area contributed by atoms with Crippen LogP contribution in [0.15, 0.2) is 12.4 Å². The zero-order chi connectivity index (χ0) is 11.3. The molecule has 0 saturated carbocycles. The largest absolute Gasteiger partial charge is 0.491 e. The Hall–Kier alpha value is -1.18. The minimum atomic E-state index is -1.52. The maximum Gasteiger partial charge on any atom is 0.491 e. The average Bonchev–Trinajstić information content (AvgIpc) is 2.26. The predicted octanol–water partition coefficient (Wildman–Crippen LogP) is -1.76. The summed E-state index contributed by atoms with van der Waals surface area (Å²) in [6.45, 7) is 1.27. The van der Waals surface area contributed by atoms with Gasteiger partial charge in [0, 0.05) is 38.6 Å². The van der Waals surface area contributed by atoms with Crippen LogP contribution < -0.4 is 10.4 Å². The molecule has 6 nitrogen and oxygen atoms in total. The van der Waals surface area contributed by atoms with E-state index < -0.39 is 7.12 Å². The Morgan fingerprint density at radius 2 is 2.00 bits per heavy atom. The van der Waals surface area contributed by atoms with Crippen LogP contribution in [0.1, 0.15) is 0 Å². The third-order valence-corrected chi connectivity index (χ3v) is 1.93. The highest BCUT2D eigenvalue weighted by Gasteiger charge is 2.12. The van der Waals surface area contributed by atoms with Gasteiger partial charge in [-0.05, 0) is 0 Å². The summed E-state index contributed by atoms with van der Waals surface area (Å²) in [5, 5.41) is 17.7. The molecule has 7 heteroatoms. The smallest absolute Gasteiger partial charge is 0.423 e. The lowest BCUT2D eigenvalue weighted by Gasteiger charge is -2.15. The van der Waals surface area contributed by atoms with Gasteiger partial charge in [-0.3, -0.25) is 0 Å². The summed E-state index contributed by atoms with van der Waals surface area (Å²) in [5.41, 5.74) is 0.277. The molecule has 82 valence electrons. The Kier molecular flexibility index (Phi) is 4.48. The van der Waals surface area contributed by atoms with Crippen molar-refractivity contribution < 1.29 is 14.8 Å². The van der Waals surface area contributed by atoms with Gasteiger partial charge in [-0.1, -0.05) is 0 Å². The van der Waals surface area contributed by atoms with E-state index in [1.807, 2.05) is 11.9 Å². The van der Waals surface area contributed by atoms with E-state index in [1.54, 1.807) is 7.11 Å². The first-order valence-corrected chi connectivity index (χ1v) is 4.53. The summed E-state index contributed by atoms with van der Waals surface area (Å²) in [4.78, 5) is 9.80. The molecule has 0 fully saturated rings. The first kappa shape index (κ1) is 11.9. The number of hydrogen-bond donors (Lipinski definition) is 2. The first-order valence-electron chi connectivity index (χ1n) is 4.53. The monoisotopic (exact) mass is 211 g/mol. The number of hydrogen-bond acceptors (Lipinski definition) is 6. The van der Waals surface area contributed by atoms with Crippen molar-refractivity contribution in [2.75, 3.05) is 32.2 Å². The number of methoxy groups -OCH3 is 1. The minimum absolute atomic E-state index is 0.277. The van der Waals surface area contributed by atoms with Crippen LogP contribution in [0.3, 0.4) is 0 Å². The van der Waals surface area contributed by atoms with Crippen molar-refractivity contribution in [1.29, 1.82) is 0 Å². The van der Waals surface area contributed by atoms with Crippen molar-refractivity contribution in [3.8, 4) is 0 Å². The minimum Gasteiger partial charge on any atom is -0.423 e. The second-order valence-electron chi connectivity index (χ2n) is 3.10. The fraction of sp³-hybridized carbons (Fsp3) is 0.500. The van der Waals surface area contributed by atoms with Crippen LogP contribution in [-0.4, -0.2) is 54.4 Å². The van der Waals surface area contributed by atoms with Crippen LogP contribution in [0, 0.1) is 0 Å². The van der Waals surface area contributed by atoms with Crippen LogP contribution in [0.2, 0.25) is 0 Å². The van der Waals surface area contributed by atoms with Gasteiger partial charge in [0.1, 0.15) is 0 Å². The fourth-order valence-electron chi connectivity index (χ4n) is 0.990. The van der Waals surface area contributed by atoms with E-state index in [0.29, 0.717) is 19.1 Å². The molecule has 1 heterocycles. The summed E-state index contributed by atoms with van der Waals surface area (Å²) in [6, 6.07) is 0. The Morgan fingerprint density at radius 3 is 2.47 bits per heavy atom. The van der Waals surface area contributed by atoms with Crippen LogP contribution in [0.25, 0.3) is 0 Å². The maximum atomic E-state index is 8.84. The van der Waals surface area contributed by atoms with Crippen molar-refractivity contribution >= 4 is 18.5 Å². The molecule has 1 rings (SSSR count). The molecule has 0 radical (unpaired) electrons. The number of likely N-dealkylation sites (N-methyl/N-ethyl adjacent to an activating group) is 1. The Labute approximate surface area is 88.7 Å². The number of rotatable bonds is 5. The molecule has 0 aliphatic carbocycles. The molecule has 1 aromatic heterocycles. The van der Waals surface area contributed by atoms with Crippen molar-refractivity contribution in [2.45, 2.75) is 0 Å². The highest BCUT2D eigenvalue weighted by molar-refractivity contribution is 6.58. The van der Waals surface area contributed by atoms with Crippen LogP contribution >= 0.6 is 0 Å². The molecular weight excluding hydrogens is 197 g/mol. The number of ether oxygens (including phenoxy) is 1. The molecule has 0 aliphatic heterocycles.